The molecule has 3 amide bonds. The lowest BCUT2D eigenvalue weighted by atomic mass is 10.1. The van der Waals surface area contributed by atoms with Crippen LogP contribution >= 0.6 is 23.4 Å². The highest BCUT2D eigenvalue weighted by atomic mass is 35.5. The van der Waals surface area contributed by atoms with Crippen LogP contribution < -0.4 is 20.7 Å². The molecule has 4 rings (SSSR count). The number of carbonyl (C=O) groups is 3. The fraction of sp³-hybridized carbons (Fsp3) is 0.0667. The number of halogens is 1. The van der Waals surface area contributed by atoms with Crippen molar-refractivity contribution >= 4 is 58.7 Å². The van der Waals surface area contributed by atoms with Gasteiger partial charge in [0, 0.05) is 22.3 Å². The highest BCUT2D eigenvalue weighted by Gasteiger charge is 2.16. The van der Waals surface area contributed by atoms with Crippen molar-refractivity contribution in [1.29, 1.82) is 0 Å². The predicted molar refractivity (Wildman–Crippen MR) is 159 cm³/mol. The van der Waals surface area contributed by atoms with Crippen molar-refractivity contribution in [2.45, 2.75) is 4.90 Å². The second kappa shape index (κ2) is 14.0. The van der Waals surface area contributed by atoms with Gasteiger partial charge in [-0.05, 0) is 66.2 Å². The second-order valence-electron chi connectivity index (χ2n) is 8.34. The van der Waals surface area contributed by atoms with E-state index in [9.17, 15) is 14.4 Å². The Morgan fingerprint density at radius 3 is 2.48 bits per heavy atom. The van der Waals surface area contributed by atoms with Gasteiger partial charge in [0.15, 0.2) is 0 Å². The lowest BCUT2D eigenvalue weighted by molar-refractivity contribution is -0.114. The van der Waals surface area contributed by atoms with Gasteiger partial charge in [-0.25, -0.2) is 4.98 Å². The molecule has 0 fully saturated rings. The summed E-state index contributed by atoms with van der Waals surface area (Å²) in [5, 5.41) is 8.74. The number of benzene rings is 3. The lowest BCUT2D eigenvalue weighted by Crippen LogP contribution is -2.30. The van der Waals surface area contributed by atoms with Crippen molar-refractivity contribution in [3.8, 4) is 5.75 Å². The van der Waals surface area contributed by atoms with Crippen molar-refractivity contribution in [3.63, 3.8) is 0 Å². The Morgan fingerprint density at radius 1 is 0.925 bits per heavy atom. The maximum atomic E-state index is 13.3. The zero-order valence-electron chi connectivity index (χ0n) is 21.4. The van der Waals surface area contributed by atoms with Gasteiger partial charge in [-0.1, -0.05) is 48.0 Å². The molecule has 3 N–H and O–H groups in total. The van der Waals surface area contributed by atoms with E-state index in [1.165, 1.54) is 18.0 Å². The van der Waals surface area contributed by atoms with Gasteiger partial charge in [0.1, 0.15) is 17.3 Å². The molecule has 40 heavy (non-hydrogen) atoms. The van der Waals surface area contributed by atoms with Crippen LogP contribution in [-0.2, 0) is 9.59 Å². The number of thioether (sulfide) groups is 1. The molecule has 0 bridgehead atoms. The predicted octanol–water partition coefficient (Wildman–Crippen LogP) is 5.88. The summed E-state index contributed by atoms with van der Waals surface area (Å²) < 4.78 is 5.28. The third kappa shape index (κ3) is 8.45. The van der Waals surface area contributed by atoms with E-state index in [4.69, 9.17) is 16.3 Å². The zero-order valence-corrected chi connectivity index (χ0v) is 23.0. The quantitative estimate of drug-likeness (QED) is 0.162. The maximum absolute atomic E-state index is 13.3. The molecule has 0 aliphatic rings. The summed E-state index contributed by atoms with van der Waals surface area (Å²) in [5.74, 6) is -0.0134. The van der Waals surface area contributed by atoms with Crippen LogP contribution in [0.15, 0.2) is 108 Å². The minimum atomic E-state index is -0.513. The molecular formula is C30H25ClN4O4S. The molecule has 0 aliphatic carbocycles. The Kier molecular flexibility index (Phi) is 9.93. The molecule has 202 valence electrons. The first-order valence-electron chi connectivity index (χ1n) is 12.1. The average Bonchev–Trinajstić information content (AvgIpc) is 2.97. The van der Waals surface area contributed by atoms with Crippen LogP contribution in [0.1, 0.15) is 15.9 Å². The molecule has 0 saturated heterocycles. The number of rotatable bonds is 10. The fourth-order valence-corrected chi connectivity index (χ4v) is 4.35. The number of anilines is 2. The van der Waals surface area contributed by atoms with Crippen molar-refractivity contribution in [3.05, 3.63) is 119 Å². The van der Waals surface area contributed by atoms with E-state index in [2.05, 4.69) is 20.9 Å². The highest BCUT2D eigenvalue weighted by Crippen LogP contribution is 2.23. The van der Waals surface area contributed by atoms with Crippen molar-refractivity contribution < 1.29 is 19.1 Å². The van der Waals surface area contributed by atoms with Crippen molar-refractivity contribution in [2.75, 3.05) is 23.5 Å². The summed E-state index contributed by atoms with van der Waals surface area (Å²) >= 11 is 7.13. The number of amides is 3. The molecule has 0 radical (unpaired) electrons. The SMILES string of the molecule is COc1cccc(/C=C(\NC(=O)c2ccccc2)C(=O)Nc2cccc(SCC(=O)Nc3ccc(Cl)cn3)c2)c1. The van der Waals surface area contributed by atoms with E-state index < -0.39 is 11.8 Å². The molecule has 0 saturated carbocycles. The van der Waals surface area contributed by atoms with Crippen molar-refractivity contribution in [1.82, 2.24) is 10.3 Å². The van der Waals surface area contributed by atoms with E-state index in [1.807, 2.05) is 6.07 Å². The monoisotopic (exact) mass is 572 g/mol. The number of hydrogen-bond acceptors (Lipinski definition) is 6. The highest BCUT2D eigenvalue weighted by molar-refractivity contribution is 8.00. The third-order valence-corrected chi connectivity index (χ3v) is 6.61. The standard InChI is InChI=1S/C30H25ClN4O4S/c1-39-24-11-5-7-20(15-24)16-26(34-29(37)21-8-3-2-4-9-21)30(38)33-23-10-6-12-25(17-23)40-19-28(36)35-27-14-13-22(31)18-32-27/h2-18H,19H2,1H3,(H,33,38)(H,34,37)(H,32,35,36)/b26-16-. The van der Waals surface area contributed by atoms with E-state index >= 15 is 0 Å². The molecule has 1 heterocycles. The van der Waals surface area contributed by atoms with Gasteiger partial charge in [-0.15, -0.1) is 11.8 Å². The Balaban J connectivity index is 1.46. The van der Waals surface area contributed by atoms with Crippen LogP contribution in [0.2, 0.25) is 5.02 Å². The van der Waals surface area contributed by atoms with E-state index in [0.29, 0.717) is 33.4 Å². The van der Waals surface area contributed by atoms with Crippen LogP contribution in [0.5, 0.6) is 5.75 Å². The van der Waals surface area contributed by atoms with Crippen LogP contribution in [-0.4, -0.2) is 35.6 Å². The van der Waals surface area contributed by atoms with E-state index in [0.717, 1.165) is 4.90 Å². The first kappa shape index (κ1) is 28.4. The first-order valence-corrected chi connectivity index (χ1v) is 13.4. The molecule has 0 atom stereocenters. The zero-order chi connectivity index (χ0) is 28.3. The summed E-state index contributed by atoms with van der Waals surface area (Å²) in [6.07, 6.45) is 3.03. The van der Waals surface area contributed by atoms with Gasteiger partial charge in [0.25, 0.3) is 11.8 Å². The number of methoxy groups -OCH3 is 1. The minimum Gasteiger partial charge on any atom is -0.497 e. The third-order valence-electron chi connectivity index (χ3n) is 5.39. The average molecular weight is 573 g/mol. The van der Waals surface area contributed by atoms with Crippen LogP contribution in [0.4, 0.5) is 11.5 Å². The summed E-state index contributed by atoms with van der Waals surface area (Å²) in [5.41, 5.74) is 1.64. The minimum absolute atomic E-state index is 0.0509. The molecule has 0 aliphatic heterocycles. The Bertz CT molecular complexity index is 1530. The van der Waals surface area contributed by atoms with Crippen LogP contribution in [0.3, 0.4) is 0 Å². The van der Waals surface area contributed by atoms with Gasteiger partial charge in [-0.2, -0.15) is 0 Å². The summed E-state index contributed by atoms with van der Waals surface area (Å²) in [7, 11) is 1.55. The molecular weight excluding hydrogens is 548 g/mol. The van der Waals surface area contributed by atoms with Crippen LogP contribution in [0, 0.1) is 0 Å². The maximum Gasteiger partial charge on any atom is 0.272 e. The van der Waals surface area contributed by atoms with Crippen LogP contribution in [0.25, 0.3) is 6.08 Å². The Hall–Kier alpha value is -4.60. The van der Waals surface area contributed by atoms with Crippen molar-refractivity contribution in [2.24, 2.45) is 0 Å². The molecule has 8 nitrogen and oxygen atoms in total. The normalized spacial score (nSPS) is 10.9. The number of ether oxygens (including phenoxy) is 1. The molecule has 0 spiro atoms. The number of carbonyl (C=O) groups excluding carboxylic acids is 3. The number of pyridine rings is 1. The van der Waals surface area contributed by atoms with Gasteiger partial charge in [0.05, 0.1) is 17.9 Å². The Morgan fingerprint density at radius 2 is 1.73 bits per heavy atom. The fourth-order valence-electron chi connectivity index (χ4n) is 3.48. The van der Waals surface area contributed by atoms with E-state index in [1.54, 1.807) is 98.1 Å². The number of aromatic nitrogens is 1. The molecule has 0 unspecified atom stereocenters. The molecule has 10 heteroatoms. The number of nitrogens with one attached hydrogen (secondary N) is 3. The molecule has 3 aromatic carbocycles. The molecule has 4 aromatic rings. The Labute approximate surface area is 240 Å². The summed E-state index contributed by atoms with van der Waals surface area (Å²) in [6, 6.07) is 26.1. The van der Waals surface area contributed by atoms with Gasteiger partial charge < -0.3 is 20.7 Å². The first-order chi connectivity index (χ1) is 19.4. The van der Waals surface area contributed by atoms with Gasteiger partial charge in [-0.3, -0.25) is 14.4 Å². The van der Waals surface area contributed by atoms with E-state index in [-0.39, 0.29) is 17.4 Å². The summed E-state index contributed by atoms with van der Waals surface area (Å²) in [4.78, 5) is 43.3. The molecule has 1 aromatic heterocycles. The smallest absolute Gasteiger partial charge is 0.272 e. The topological polar surface area (TPSA) is 109 Å². The second-order valence-corrected chi connectivity index (χ2v) is 9.82. The van der Waals surface area contributed by atoms with Gasteiger partial charge >= 0.3 is 0 Å². The number of nitrogens with zero attached hydrogens (tertiary/aromatic N) is 1. The summed E-state index contributed by atoms with van der Waals surface area (Å²) in [6.45, 7) is 0. The van der Waals surface area contributed by atoms with Gasteiger partial charge in [0.2, 0.25) is 5.91 Å². The largest absolute Gasteiger partial charge is 0.497 e. The number of hydrogen-bond donors (Lipinski definition) is 3. The lowest BCUT2D eigenvalue weighted by Gasteiger charge is -2.12.